The van der Waals surface area contributed by atoms with Crippen LogP contribution in [-0.2, 0) is 4.79 Å². The summed E-state index contributed by atoms with van der Waals surface area (Å²) in [6.45, 7) is 5.04. The summed E-state index contributed by atoms with van der Waals surface area (Å²) in [4.78, 5) is 18.7. The van der Waals surface area contributed by atoms with Crippen molar-refractivity contribution in [2.45, 2.75) is 61.6 Å². The van der Waals surface area contributed by atoms with E-state index in [1.54, 1.807) is 0 Å². The standard InChI is InChI=1S/C20H30N2OS/c1-16-7-9-17(10-8-16)24-18-11-14-22(15-12-18)20(23)19-6-4-3-5-13-21(19)2/h7-10,18-19H,3-6,11-15H2,1-2H3/t19-/m1/s1. The van der Waals surface area contributed by atoms with Crippen molar-refractivity contribution in [2.24, 2.45) is 0 Å². The molecule has 0 aromatic heterocycles. The first-order valence-electron chi connectivity index (χ1n) is 9.36. The number of thioether (sulfide) groups is 1. The Balaban J connectivity index is 1.50. The van der Waals surface area contributed by atoms with Crippen LogP contribution in [0.4, 0.5) is 0 Å². The molecule has 2 aliphatic heterocycles. The van der Waals surface area contributed by atoms with Gasteiger partial charge in [0.1, 0.15) is 0 Å². The number of amides is 1. The van der Waals surface area contributed by atoms with Crippen molar-refractivity contribution in [1.29, 1.82) is 0 Å². The molecule has 0 saturated carbocycles. The van der Waals surface area contributed by atoms with Gasteiger partial charge in [0.15, 0.2) is 0 Å². The van der Waals surface area contributed by atoms with Crippen molar-refractivity contribution in [3.8, 4) is 0 Å². The summed E-state index contributed by atoms with van der Waals surface area (Å²) in [5, 5.41) is 0.642. The van der Waals surface area contributed by atoms with Crippen LogP contribution in [0.15, 0.2) is 29.2 Å². The highest BCUT2D eigenvalue weighted by Gasteiger charge is 2.31. The van der Waals surface area contributed by atoms with E-state index in [0.717, 1.165) is 38.9 Å². The van der Waals surface area contributed by atoms with Crippen molar-refractivity contribution < 1.29 is 4.79 Å². The van der Waals surface area contributed by atoms with E-state index in [0.29, 0.717) is 11.2 Å². The maximum atomic E-state index is 12.9. The number of hydrogen-bond acceptors (Lipinski definition) is 3. The van der Waals surface area contributed by atoms with Crippen molar-refractivity contribution in [1.82, 2.24) is 9.80 Å². The molecule has 0 aliphatic carbocycles. The first-order chi connectivity index (χ1) is 11.6. The fourth-order valence-corrected chi connectivity index (χ4v) is 4.90. The molecule has 3 rings (SSSR count). The number of likely N-dealkylation sites (tertiary alicyclic amines) is 2. The summed E-state index contributed by atoms with van der Waals surface area (Å²) in [5.74, 6) is 0.373. The zero-order chi connectivity index (χ0) is 16.9. The average molecular weight is 347 g/mol. The summed E-state index contributed by atoms with van der Waals surface area (Å²) in [6.07, 6.45) is 6.95. The maximum absolute atomic E-state index is 12.9. The Morgan fingerprint density at radius 3 is 2.42 bits per heavy atom. The van der Waals surface area contributed by atoms with E-state index in [-0.39, 0.29) is 6.04 Å². The molecule has 1 atom stereocenters. The summed E-state index contributed by atoms with van der Waals surface area (Å²) >= 11 is 1.98. The number of carbonyl (C=O) groups is 1. The summed E-state index contributed by atoms with van der Waals surface area (Å²) in [6, 6.07) is 8.93. The number of hydrogen-bond donors (Lipinski definition) is 0. The second-order valence-corrected chi connectivity index (χ2v) is 8.68. The van der Waals surface area contributed by atoms with Gasteiger partial charge in [-0.2, -0.15) is 0 Å². The second-order valence-electron chi connectivity index (χ2n) is 7.30. The Morgan fingerprint density at radius 1 is 1.00 bits per heavy atom. The molecule has 132 valence electrons. The molecule has 1 aromatic carbocycles. The average Bonchev–Trinajstić information content (AvgIpc) is 2.81. The highest BCUT2D eigenvalue weighted by atomic mass is 32.2. The summed E-state index contributed by atoms with van der Waals surface area (Å²) < 4.78 is 0. The predicted octanol–water partition coefficient (Wildman–Crippen LogP) is 3.95. The molecule has 0 radical (unpaired) electrons. The minimum Gasteiger partial charge on any atom is -0.341 e. The van der Waals surface area contributed by atoms with Gasteiger partial charge in [-0.05, 0) is 58.3 Å². The summed E-state index contributed by atoms with van der Waals surface area (Å²) in [5.41, 5.74) is 1.31. The Labute approximate surface area is 150 Å². The molecule has 2 saturated heterocycles. The number of carbonyl (C=O) groups excluding carboxylic acids is 1. The van der Waals surface area contributed by atoms with E-state index in [1.807, 2.05) is 11.8 Å². The van der Waals surface area contributed by atoms with Gasteiger partial charge >= 0.3 is 0 Å². The first-order valence-corrected chi connectivity index (χ1v) is 10.2. The highest BCUT2D eigenvalue weighted by molar-refractivity contribution is 8.00. The summed E-state index contributed by atoms with van der Waals surface area (Å²) in [7, 11) is 2.12. The zero-order valence-corrected chi connectivity index (χ0v) is 15.9. The van der Waals surface area contributed by atoms with Crippen molar-refractivity contribution in [2.75, 3.05) is 26.7 Å². The molecule has 0 unspecified atom stereocenters. The van der Waals surface area contributed by atoms with Crippen LogP contribution in [0, 0.1) is 6.92 Å². The van der Waals surface area contributed by atoms with Crippen LogP contribution in [0.25, 0.3) is 0 Å². The molecule has 0 bridgehead atoms. The molecular weight excluding hydrogens is 316 g/mol. The van der Waals surface area contributed by atoms with Gasteiger partial charge in [-0.15, -0.1) is 11.8 Å². The van der Waals surface area contributed by atoms with Gasteiger partial charge in [0.2, 0.25) is 5.91 Å². The number of aryl methyl sites for hydroxylation is 1. The minimum atomic E-state index is 0.119. The molecule has 2 heterocycles. The van der Waals surface area contributed by atoms with Crippen LogP contribution in [0.2, 0.25) is 0 Å². The molecule has 1 amide bonds. The lowest BCUT2D eigenvalue weighted by Gasteiger charge is -2.36. The van der Waals surface area contributed by atoms with E-state index in [4.69, 9.17) is 0 Å². The number of piperidine rings is 1. The fraction of sp³-hybridized carbons (Fsp3) is 0.650. The lowest BCUT2D eigenvalue weighted by molar-refractivity contribution is -0.137. The molecule has 2 fully saturated rings. The van der Waals surface area contributed by atoms with Crippen LogP contribution in [-0.4, -0.2) is 53.7 Å². The number of nitrogens with zero attached hydrogens (tertiary/aromatic N) is 2. The van der Waals surface area contributed by atoms with E-state index < -0.39 is 0 Å². The quantitative estimate of drug-likeness (QED) is 0.828. The number of rotatable bonds is 3. The van der Waals surface area contributed by atoms with Crippen LogP contribution < -0.4 is 0 Å². The highest BCUT2D eigenvalue weighted by Crippen LogP contribution is 2.31. The van der Waals surface area contributed by atoms with Crippen molar-refractivity contribution >= 4 is 17.7 Å². The fourth-order valence-electron chi connectivity index (χ4n) is 3.78. The lowest BCUT2D eigenvalue weighted by Crippen LogP contribution is -2.49. The van der Waals surface area contributed by atoms with Crippen LogP contribution >= 0.6 is 11.8 Å². The van der Waals surface area contributed by atoms with Gasteiger partial charge in [-0.1, -0.05) is 30.5 Å². The molecule has 4 heteroatoms. The lowest BCUT2D eigenvalue weighted by atomic mass is 10.1. The molecular formula is C20H30N2OS. The smallest absolute Gasteiger partial charge is 0.239 e. The van der Waals surface area contributed by atoms with Gasteiger partial charge in [-0.3, -0.25) is 9.69 Å². The number of likely N-dealkylation sites (N-methyl/N-ethyl adjacent to an activating group) is 1. The third-order valence-electron chi connectivity index (χ3n) is 5.38. The van der Waals surface area contributed by atoms with Gasteiger partial charge in [0, 0.05) is 23.2 Å². The topological polar surface area (TPSA) is 23.6 Å². The maximum Gasteiger partial charge on any atom is 0.239 e. The molecule has 0 spiro atoms. The van der Waals surface area contributed by atoms with Gasteiger partial charge < -0.3 is 4.90 Å². The van der Waals surface area contributed by atoms with Crippen LogP contribution in [0.5, 0.6) is 0 Å². The molecule has 2 aliphatic rings. The Bertz CT molecular complexity index is 537. The Morgan fingerprint density at radius 2 is 1.71 bits per heavy atom. The third kappa shape index (κ3) is 4.54. The Hall–Kier alpha value is -1.00. The normalized spacial score (nSPS) is 23.9. The van der Waals surface area contributed by atoms with E-state index in [2.05, 4.69) is 48.0 Å². The number of benzene rings is 1. The van der Waals surface area contributed by atoms with Gasteiger partial charge in [0.25, 0.3) is 0 Å². The zero-order valence-electron chi connectivity index (χ0n) is 15.0. The second kappa shape index (κ2) is 8.39. The van der Waals surface area contributed by atoms with Crippen molar-refractivity contribution in [3.05, 3.63) is 29.8 Å². The van der Waals surface area contributed by atoms with E-state index >= 15 is 0 Å². The molecule has 24 heavy (non-hydrogen) atoms. The Kier molecular flexibility index (Phi) is 6.23. The molecule has 1 aromatic rings. The third-order valence-corrected chi connectivity index (χ3v) is 6.73. The largest absolute Gasteiger partial charge is 0.341 e. The van der Waals surface area contributed by atoms with Gasteiger partial charge in [-0.25, -0.2) is 0 Å². The predicted molar refractivity (Wildman–Crippen MR) is 102 cm³/mol. The van der Waals surface area contributed by atoms with Gasteiger partial charge in [0.05, 0.1) is 6.04 Å². The first kappa shape index (κ1) is 17.8. The van der Waals surface area contributed by atoms with E-state index in [1.165, 1.54) is 29.7 Å². The SMILES string of the molecule is Cc1ccc(SC2CCN(C(=O)[C@H]3CCCCCN3C)CC2)cc1. The van der Waals surface area contributed by atoms with Crippen LogP contribution in [0.3, 0.4) is 0 Å². The minimum absolute atomic E-state index is 0.119. The van der Waals surface area contributed by atoms with Crippen LogP contribution in [0.1, 0.15) is 44.1 Å². The molecule has 0 N–H and O–H groups in total. The van der Waals surface area contributed by atoms with Crippen molar-refractivity contribution in [3.63, 3.8) is 0 Å². The van der Waals surface area contributed by atoms with E-state index in [9.17, 15) is 4.79 Å². The molecule has 3 nitrogen and oxygen atoms in total. The monoisotopic (exact) mass is 346 g/mol.